The second-order valence-electron chi connectivity index (χ2n) is 8.36. The van der Waals surface area contributed by atoms with Gasteiger partial charge < -0.3 is 24.4 Å². The van der Waals surface area contributed by atoms with Gasteiger partial charge in [0.1, 0.15) is 5.75 Å². The van der Waals surface area contributed by atoms with E-state index in [0.717, 1.165) is 22.5 Å². The Morgan fingerprint density at radius 1 is 0.974 bits per heavy atom. The van der Waals surface area contributed by atoms with Crippen LogP contribution >= 0.6 is 7.60 Å². The third-order valence-electron chi connectivity index (χ3n) is 5.51. The maximum Gasteiger partial charge on any atom is 0.367 e. The van der Waals surface area contributed by atoms with E-state index in [-0.39, 0.29) is 25.5 Å². The van der Waals surface area contributed by atoms with Crippen molar-refractivity contribution in [2.24, 2.45) is 0 Å². The molecular weight excluding hydrogens is 517 g/mol. The van der Waals surface area contributed by atoms with Crippen LogP contribution in [0.1, 0.15) is 29.8 Å². The van der Waals surface area contributed by atoms with Gasteiger partial charge in [-0.2, -0.15) is 0 Å². The van der Waals surface area contributed by atoms with Crippen LogP contribution < -0.4 is 15.4 Å². The van der Waals surface area contributed by atoms with Crippen molar-refractivity contribution in [2.75, 3.05) is 30.2 Å². The molecule has 0 atom stereocenters. The molecule has 0 fully saturated rings. The quantitative estimate of drug-likeness (QED) is 0.193. The minimum atomic E-state index is -3.33. The molecule has 0 bridgehead atoms. The Balaban J connectivity index is 1.41. The minimum Gasteiger partial charge on any atom is -0.481 e. The van der Waals surface area contributed by atoms with Crippen molar-refractivity contribution >= 4 is 30.8 Å². The molecule has 11 heteroatoms. The van der Waals surface area contributed by atoms with E-state index in [2.05, 4.69) is 25.6 Å². The zero-order valence-corrected chi connectivity index (χ0v) is 22.9. The van der Waals surface area contributed by atoms with Gasteiger partial charge in [-0.3, -0.25) is 14.3 Å². The highest BCUT2D eigenvalue weighted by Crippen LogP contribution is 2.47. The summed E-state index contributed by atoms with van der Waals surface area (Å²) in [5.74, 6) is 0.582. The molecule has 2 aromatic carbocycles. The predicted octanol–water partition coefficient (Wildman–Crippen LogP) is 6.45. The fraction of sp³-hybridized carbons (Fsp3) is 0.214. The van der Waals surface area contributed by atoms with Gasteiger partial charge in [-0.15, -0.1) is 0 Å². The number of aromatic nitrogens is 3. The second-order valence-corrected chi connectivity index (χ2v) is 10.4. The Labute approximate surface area is 227 Å². The lowest BCUT2D eigenvalue weighted by Crippen LogP contribution is -2.12. The minimum absolute atomic E-state index is 0.214. The molecule has 0 radical (unpaired) electrons. The van der Waals surface area contributed by atoms with E-state index in [1.54, 1.807) is 56.7 Å². The van der Waals surface area contributed by atoms with E-state index in [1.165, 1.54) is 0 Å². The van der Waals surface area contributed by atoms with Gasteiger partial charge in [0.25, 0.3) is 5.91 Å². The maximum atomic E-state index is 12.9. The third-order valence-corrected chi connectivity index (χ3v) is 7.26. The molecule has 0 saturated heterocycles. The molecule has 0 spiro atoms. The number of amides is 1. The lowest BCUT2D eigenvalue weighted by molar-refractivity contribution is 0.102. The van der Waals surface area contributed by atoms with Crippen LogP contribution in [0.4, 0.5) is 17.3 Å². The number of rotatable bonds is 12. The van der Waals surface area contributed by atoms with Crippen LogP contribution in [-0.2, 0) is 13.6 Å². The average Bonchev–Trinajstić information content (AvgIpc) is 2.95. The zero-order chi connectivity index (χ0) is 27.7. The number of carbonyl (C=O) groups is 1. The summed E-state index contributed by atoms with van der Waals surface area (Å²) in [5.41, 5.74) is 4.38. The highest BCUT2D eigenvalue weighted by molar-refractivity contribution is 7.53. The Morgan fingerprint density at radius 3 is 2.44 bits per heavy atom. The standard InChI is InChI=1S/C28H30N5O5P/c1-4-37-39(35,38-5-2)19-36-24-12-9-21(10-13-24)27(34)31-23-11-8-20(3)26(17-23)33-28-30-16-14-25(32-28)22-7-6-15-29-18-22/h6-18H,4-5,19H2,1-3H3,(H,31,34)(H,30,32,33). The first-order chi connectivity index (χ1) is 18.9. The van der Waals surface area contributed by atoms with Crippen molar-refractivity contribution in [1.29, 1.82) is 0 Å². The van der Waals surface area contributed by atoms with Crippen molar-refractivity contribution in [3.05, 3.63) is 90.4 Å². The SMILES string of the molecule is CCOP(=O)(COc1ccc(C(=O)Nc2ccc(C)c(Nc3nccc(-c4cccnc4)n3)c2)cc1)OCC. The summed E-state index contributed by atoms with van der Waals surface area (Å²) in [6.45, 7) is 5.93. The zero-order valence-electron chi connectivity index (χ0n) is 22.0. The molecular formula is C28H30N5O5P. The lowest BCUT2D eigenvalue weighted by atomic mass is 10.1. The lowest BCUT2D eigenvalue weighted by Gasteiger charge is -2.17. The normalized spacial score (nSPS) is 11.2. The monoisotopic (exact) mass is 547 g/mol. The molecule has 0 aliphatic carbocycles. The van der Waals surface area contributed by atoms with E-state index in [1.807, 2.05) is 43.3 Å². The molecule has 0 saturated carbocycles. The molecule has 0 unspecified atom stereocenters. The molecule has 4 aromatic rings. The molecule has 10 nitrogen and oxygen atoms in total. The number of aryl methyl sites for hydroxylation is 1. The average molecular weight is 548 g/mol. The maximum absolute atomic E-state index is 12.9. The molecule has 202 valence electrons. The van der Waals surface area contributed by atoms with Crippen LogP contribution in [0.2, 0.25) is 0 Å². The van der Waals surface area contributed by atoms with Gasteiger partial charge in [0.2, 0.25) is 5.95 Å². The first-order valence-corrected chi connectivity index (χ1v) is 14.2. The first-order valence-electron chi connectivity index (χ1n) is 12.4. The highest BCUT2D eigenvalue weighted by Gasteiger charge is 2.24. The van der Waals surface area contributed by atoms with E-state index >= 15 is 0 Å². The highest BCUT2D eigenvalue weighted by atomic mass is 31.2. The summed E-state index contributed by atoms with van der Waals surface area (Å²) >= 11 is 0. The smallest absolute Gasteiger partial charge is 0.367 e. The number of hydrogen-bond donors (Lipinski definition) is 2. The largest absolute Gasteiger partial charge is 0.481 e. The summed E-state index contributed by atoms with van der Waals surface area (Å²) < 4.78 is 28.6. The number of carbonyl (C=O) groups excluding carboxylic acids is 1. The summed E-state index contributed by atoms with van der Waals surface area (Å²) in [4.78, 5) is 25.9. The number of anilines is 3. The van der Waals surface area contributed by atoms with Gasteiger partial charge in [-0.05, 0) is 80.9 Å². The van der Waals surface area contributed by atoms with Crippen molar-refractivity contribution in [2.45, 2.75) is 20.8 Å². The fourth-order valence-corrected chi connectivity index (χ4v) is 4.93. The van der Waals surface area contributed by atoms with E-state index in [0.29, 0.717) is 22.9 Å². The van der Waals surface area contributed by atoms with Gasteiger partial charge in [-0.25, -0.2) is 9.97 Å². The van der Waals surface area contributed by atoms with Gasteiger partial charge in [0, 0.05) is 41.1 Å². The number of hydrogen-bond acceptors (Lipinski definition) is 9. The third kappa shape index (κ3) is 7.70. The van der Waals surface area contributed by atoms with E-state index < -0.39 is 7.60 Å². The number of nitrogens with one attached hydrogen (secondary N) is 2. The summed E-state index contributed by atoms with van der Waals surface area (Å²) in [5, 5.41) is 6.14. The molecule has 0 aliphatic rings. The van der Waals surface area contributed by atoms with Gasteiger partial charge in [-0.1, -0.05) is 6.07 Å². The fourth-order valence-electron chi connectivity index (χ4n) is 3.61. The molecule has 0 aliphatic heterocycles. The van der Waals surface area contributed by atoms with Crippen LogP contribution in [0.15, 0.2) is 79.3 Å². The van der Waals surface area contributed by atoms with E-state index in [4.69, 9.17) is 13.8 Å². The van der Waals surface area contributed by atoms with E-state index in [9.17, 15) is 9.36 Å². The number of ether oxygens (including phenoxy) is 1. The van der Waals surface area contributed by atoms with Gasteiger partial charge >= 0.3 is 7.60 Å². The number of benzene rings is 2. The Morgan fingerprint density at radius 2 is 1.74 bits per heavy atom. The van der Waals surface area contributed by atoms with Crippen LogP contribution in [0, 0.1) is 6.92 Å². The van der Waals surface area contributed by atoms with Crippen molar-refractivity contribution in [3.63, 3.8) is 0 Å². The van der Waals surface area contributed by atoms with Crippen molar-refractivity contribution < 1.29 is 23.1 Å². The van der Waals surface area contributed by atoms with Crippen LogP contribution in [-0.4, -0.2) is 40.4 Å². The van der Waals surface area contributed by atoms with Crippen LogP contribution in [0.3, 0.4) is 0 Å². The molecule has 2 aromatic heterocycles. The van der Waals surface area contributed by atoms with Crippen LogP contribution in [0.5, 0.6) is 5.75 Å². The second kappa shape index (κ2) is 13.1. The molecule has 2 N–H and O–H groups in total. The van der Waals surface area contributed by atoms with Gasteiger partial charge in [0.05, 0.1) is 18.9 Å². The molecule has 39 heavy (non-hydrogen) atoms. The predicted molar refractivity (Wildman–Crippen MR) is 150 cm³/mol. The Hall–Kier alpha value is -4.11. The molecule has 1 amide bonds. The first kappa shape index (κ1) is 27.9. The van der Waals surface area contributed by atoms with Crippen molar-refractivity contribution in [3.8, 4) is 17.0 Å². The number of nitrogens with zero attached hydrogens (tertiary/aromatic N) is 3. The van der Waals surface area contributed by atoms with Crippen molar-refractivity contribution in [1.82, 2.24) is 15.0 Å². The number of pyridine rings is 1. The summed E-state index contributed by atoms with van der Waals surface area (Å²) in [7, 11) is -3.33. The topological polar surface area (TPSA) is 125 Å². The van der Waals surface area contributed by atoms with Gasteiger partial charge in [0.15, 0.2) is 6.35 Å². The molecule has 4 rings (SSSR count). The Kier molecular flexibility index (Phi) is 9.38. The summed E-state index contributed by atoms with van der Waals surface area (Å²) in [6.07, 6.45) is 4.92. The summed E-state index contributed by atoms with van der Waals surface area (Å²) in [6, 6.07) is 17.7. The molecule has 2 heterocycles. The van der Waals surface area contributed by atoms with Crippen LogP contribution in [0.25, 0.3) is 11.3 Å². The Bertz CT molecular complexity index is 1440.